The van der Waals surface area contributed by atoms with E-state index in [1.165, 1.54) is 11.9 Å². The normalized spacial score (nSPS) is 16.5. The zero-order valence-corrected chi connectivity index (χ0v) is 17.1. The van der Waals surface area contributed by atoms with Gasteiger partial charge in [-0.1, -0.05) is 12.1 Å². The van der Waals surface area contributed by atoms with E-state index in [1.807, 2.05) is 24.3 Å². The molecule has 0 aliphatic carbocycles. The number of nitrogens with zero attached hydrogens (tertiary/aromatic N) is 4. The van der Waals surface area contributed by atoms with Crippen molar-refractivity contribution in [2.45, 2.75) is 25.4 Å². The van der Waals surface area contributed by atoms with E-state index in [4.69, 9.17) is 4.74 Å². The van der Waals surface area contributed by atoms with Crippen molar-refractivity contribution in [3.8, 4) is 16.9 Å². The number of amides is 4. The van der Waals surface area contributed by atoms with Gasteiger partial charge >= 0.3 is 6.03 Å². The number of imide groups is 1. The van der Waals surface area contributed by atoms with Crippen LogP contribution in [-0.2, 0) is 9.59 Å². The summed E-state index contributed by atoms with van der Waals surface area (Å²) in [7, 11) is 1.53. The number of hydroxylamine groups is 2. The standard InChI is InChI=1S/C21H24N4O5/c1-21(2)19(27)24(20(28)23(21)3)12-17(25(29)14-26)13-30-18-6-4-15(5-7-18)16-8-10-22-11-9-16/h4-11,14,17,29H,12-13H2,1-3H3. The number of hydrogen-bond acceptors (Lipinski definition) is 6. The summed E-state index contributed by atoms with van der Waals surface area (Å²) in [5.74, 6) is 0.120. The molecule has 0 radical (unpaired) electrons. The first-order chi connectivity index (χ1) is 14.3. The Kier molecular flexibility index (Phi) is 6.02. The van der Waals surface area contributed by atoms with E-state index < -0.39 is 23.5 Å². The lowest BCUT2D eigenvalue weighted by atomic mass is 10.1. The molecule has 3 rings (SSSR count). The fourth-order valence-corrected chi connectivity index (χ4v) is 3.13. The molecule has 1 aliphatic heterocycles. The summed E-state index contributed by atoms with van der Waals surface area (Å²) in [5.41, 5.74) is 0.999. The number of hydrogen-bond donors (Lipinski definition) is 1. The smallest absolute Gasteiger partial charge is 0.327 e. The van der Waals surface area contributed by atoms with Crippen molar-refractivity contribution >= 4 is 18.3 Å². The lowest BCUT2D eigenvalue weighted by Gasteiger charge is -2.26. The van der Waals surface area contributed by atoms with Crippen LogP contribution in [0, 0.1) is 0 Å². The first-order valence-electron chi connectivity index (χ1n) is 9.41. The van der Waals surface area contributed by atoms with E-state index in [9.17, 15) is 19.6 Å². The average Bonchev–Trinajstić information content (AvgIpc) is 2.91. The molecule has 2 heterocycles. The van der Waals surface area contributed by atoms with Crippen LogP contribution >= 0.6 is 0 Å². The number of pyridine rings is 1. The van der Waals surface area contributed by atoms with Crippen LogP contribution in [0.4, 0.5) is 4.79 Å². The van der Waals surface area contributed by atoms with Crippen molar-refractivity contribution in [2.75, 3.05) is 20.2 Å². The zero-order chi connectivity index (χ0) is 21.9. The Labute approximate surface area is 174 Å². The Morgan fingerprint density at radius 2 is 1.73 bits per heavy atom. The van der Waals surface area contributed by atoms with Gasteiger partial charge in [0.2, 0.25) is 6.41 Å². The van der Waals surface area contributed by atoms with Gasteiger partial charge in [-0.05, 0) is 49.2 Å². The summed E-state index contributed by atoms with van der Waals surface area (Å²) >= 11 is 0. The van der Waals surface area contributed by atoms with E-state index >= 15 is 0 Å². The van der Waals surface area contributed by atoms with Crippen LogP contribution in [0.15, 0.2) is 48.8 Å². The fourth-order valence-electron chi connectivity index (χ4n) is 3.13. The van der Waals surface area contributed by atoms with E-state index in [1.54, 1.807) is 38.4 Å². The first kappa shape index (κ1) is 21.3. The maximum atomic E-state index is 12.6. The number of benzene rings is 1. The van der Waals surface area contributed by atoms with E-state index in [0.717, 1.165) is 16.0 Å². The van der Waals surface area contributed by atoms with Gasteiger partial charge in [0.15, 0.2) is 0 Å². The molecule has 1 aromatic carbocycles. The Morgan fingerprint density at radius 3 is 2.27 bits per heavy atom. The number of ether oxygens (including phenoxy) is 1. The SMILES string of the molecule is CN1C(=O)N(CC(COc2ccc(-c3ccncc3)cc2)N(O)C=O)C(=O)C1(C)C. The second-order valence-electron chi connectivity index (χ2n) is 7.53. The number of aromatic nitrogens is 1. The van der Waals surface area contributed by atoms with Gasteiger partial charge in [-0.3, -0.25) is 24.7 Å². The van der Waals surface area contributed by atoms with Crippen LogP contribution in [0.5, 0.6) is 5.75 Å². The van der Waals surface area contributed by atoms with Gasteiger partial charge in [-0.2, -0.15) is 0 Å². The third-order valence-electron chi connectivity index (χ3n) is 5.31. The topological polar surface area (TPSA) is 103 Å². The van der Waals surface area contributed by atoms with Crippen molar-refractivity contribution in [3.63, 3.8) is 0 Å². The van der Waals surface area contributed by atoms with Crippen LogP contribution in [0.25, 0.3) is 11.1 Å². The Hall–Kier alpha value is -3.46. The molecule has 158 valence electrons. The highest BCUT2D eigenvalue weighted by molar-refractivity contribution is 6.06. The van der Waals surface area contributed by atoms with Crippen LogP contribution in [0.3, 0.4) is 0 Å². The Bertz CT molecular complexity index is 917. The molecular formula is C21H24N4O5. The molecule has 1 aromatic heterocycles. The average molecular weight is 412 g/mol. The van der Waals surface area contributed by atoms with Crippen molar-refractivity contribution < 1.29 is 24.3 Å². The summed E-state index contributed by atoms with van der Waals surface area (Å²) in [6.07, 6.45) is 3.64. The number of carbonyl (C=O) groups is 3. The number of likely N-dealkylation sites (N-methyl/N-ethyl adjacent to an activating group) is 1. The molecule has 0 bridgehead atoms. The minimum atomic E-state index is -0.993. The highest BCUT2D eigenvalue weighted by Crippen LogP contribution is 2.26. The van der Waals surface area contributed by atoms with Gasteiger partial charge in [-0.25, -0.2) is 9.86 Å². The van der Waals surface area contributed by atoms with E-state index in [0.29, 0.717) is 10.8 Å². The molecule has 9 nitrogen and oxygen atoms in total. The number of carbonyl (C=O) groups excluding carboxylic acids is 3. The molecule has 1 N–H and O–H groups in total. The largest absolute Gasteiger partial charge is 0.491 e. The van der Waals surface area contributed by atoms with Crippen LogP contribution < -0.4 is 4.74 Å². The molecule has 4 amide bonds. The third-order valence-corrected chi connectivity index (χ3v) is 5.31. The number of rotatable bonds is 8. The van der Waals surface area contributed by atoms with Crippen molar-refractivity contribution in [3.05, 3.63) is 48.8 Å². The first-order valence-corrected chi connectivity index (χ1v) is 9.41. The van der Waals surface area contributed by atoms with E-state index in [2.05, 4.69) is 4.98 Å². The third kappa shape index (κ3) is 4.11. The highest BCUT2D eigenvalue weighted by Gasteiger charge is 2.50. The minimum Gasteiger partial charge on any atom is -0.491 e. The van der Waals surface area contributed by atoms with Crippen molar-refractivity contribution in [2.24, 2.45) is 0 Å². The van der Waals surface area contributed by atoms with Gasteiger partial charge in [0.25, 0.3) is 5.91 Å². The van der Waals surface area contributed by atoms with Gasteiger partial charge in [-0.15, -0.1) is 0 Å². The summed E-state index contributed by atoms with van der Waals surface area (Å²) in [5, 5.41) is 10.3. The quantitative estimate of drug-likeness (QED) is 0.308. The molecule has 0 saturated carbocycles. The predicted octanol–water partition coefficient (Wildman–Crippen LogP) is 2.02. The predicted molar refractivity (Wildman–Crippen MR) is 108 cm³/mol. The Morgan fingerprint density at radius 1 is 1.13 bits per heavy atom. The molecule has 1 atom stereocenters. The van der Waals surface area contributed by atoms with Gasteiger partial charge < -0.3 is 9.64 Å². The van der Waals surface area contributed by atoms with Gasteiger partial charge in [0, 0.05) is 19.4 Å². The molecular weight excluding hydrogens is 388 g/mol. The van der Waals surface area contributed by atoms with Gasteiger partial charge in [0.1, 0.15) is 23.9 Å². The van der Waals surface area contributed by atoms with Crippen LogP contribution in [-0.4, -0.2) is 75.2 Å². The molecule has 0 spiro atoms. The van der Waals surface area contributed by atoms with Crippen LogP contribution in [0.1, 0.15) is 13.8 Å². The number of urea groups is 1. The molecule has 1 saturated heterocycles. The van der Waals surface area contributed by atoms with Gasteiger partial charge in [0.05, 0.1) is 6.54 Å². The maximum Gasteiger partial charge on any atom is 0.327 e. The molecule has 2 aromatic rings. The maximum absolute atomic E-state index is 12.6. The summed E-state index contributed by atoms with van der Waals surface area (Å²) in [4.78, 5) is 42.4. The lowest BCUT2D eigenvalue weighted by molar-refractivity contribution is -0.165. The molecule has 9 heteroatoms. The van der Waals surface area contributed by atoms with E-state index in [-0.39, 0.29) is 19.6 Å². The second-order valence-corrected chi connectivity index (χ2v) is 7.53. The van der Waals surface area contributed by atoms with Crippen molar-refractivity contribution in [1.29, 1.82) is 0 Å². The fraction of sp³-hybridized carbons (Fsp3) is 0.333. The summed E-state index contributed by atoms with van der Waals surface area (Å²) < 4.78 is 5.71. The summed E-state index contributed by atoms with van der Waals surface area (Å²) in [6, 6.07) is 9.65. The molecule has 1 unspecified atom stereocenters. The highest BCUT2D eigenvalue weighted by atomic mass is 16.5. The zero-order valence-electron chi connectivity index (χ0n) is 17.1. The molecule has 1 fully saturated rings. The minimum absolute atomic E-state index is 0.106. The Balaban J connectivity index is 1.68. The molecule has 30 heavy (non-hydrogen) atoms. The van der Waals surface area contributed by atoms with Crippen LogP contribution in [0.2, 0.25) is 0 Å². The lowest BCUT2D eigenvalue weighted by Crippen LogP contribution is -2.48. The molecule has 1 aliphatic rings. The van der Waals surface area contributed by atoms with Crippen molar-refractivity contribution in [1.82, 2.24) is 19.8 Å². The second kappa shape index (κ2) is 8.50. The summed E-state index contributed by atoms with van der Waals surface area (Å²) in [6.45, 7) is 2.99. The monoisotopic (exact) mass is 412 g/mol.